The van der Waals surface area contributed by atoms with Crippen LogP contribution in [0.3, 0.4) is 0 Å². The van der Waals surface area contributed by atoms with E-state index < -0.39 is 0 Å². The molecule has 3 rings (SSSR count). The Morgan fingerprint density at radius 1 is 1.27 bits per heavy atom. The summed E-state index contributed by atoms with van der Waals surface area (Å²) in [5.74, 6) is 0.749. The lowest BCUT2D eigenvalue weighted by atomic mass is 10.1. The fraction of sp³-hybridized carbons (Fsp3) is 0.167. The highest BCUT2D eigenvalue weighted by molar-refractivity contribution is 5.96. The van der Waals surface area contributed by atoms with Crippen molar-refractivity contribution in [1.82, 2.24) is 9.55 Å². The minimum Gasteiger partial charge on any atom is -0.323 e. The first-order valence-electron chi connectivity index (χ1n) is 7.05. The molecule has 0 aliphatic carbocycles. The van der Waals surface area contributed by atoms with Crippen LogP contribution in [0.1, 0.15) is 27.2 Å². The lowest BCUT2D eigenvalue weighted by molar-refractivity contribution is 0.0972. The van der Waals surface area contributed by atoms with Crippen LogP contribution in [-0.4, -0.2) is 15.3 Å². The summed E-state index contributed by atoms with van der Waals surface area (Å²) in [4.78, 5) is 17.0. The normalized spacial score (nSPS) is 10.6. The lowest BCUT2D eigenvalue weighted by Crippen LogP contribution is -2.13. The van der Waals surface area contributed by atoms with E-state index in [0.29, 0.717) is 11.1 Å². The van der Waals surface area contributed by atoms with E-state index in [0.717, 1.165) is 22.6 Å². The molecule has 0 bridgehead atoms. The monoisotopic (exact) mass is 289 g/mol. The Morgan fingerprint density at radius 3 is 2.68 bits per heavy atom. The number of fused-ring (bicyclic) bond motifs is 1. The number of Topliss-reactive ketones (excluding diaryl/α,β-unsaturated/α-hetero) is 1. The largest absolute Gasteiger partial charge is 0.323 e. The number of benzene rings is 1. The Bertz CT molecular complexity index is 856. The van der Waals surface area contributed by atoms with E-state index in [1.54, 1.807) is 22.9 Å². The molecule has 0 radical (unpaired) electrons. The molecule has 0 N–H and O–H groups in total. The van der Waals surface area contributed by atoms with Crippen molar-refractivity contribution < 1.29 is 4.79 Å². The third kappa shape index (κ3) is 2.38. The minimum atomic E-state index is 0.000274. The molecule has 0 aromatic heterocycles. The van der Waals surface area contributed by atoms with Crippen molar-refractivity contribution in [2.24, 2.45) is 0 Å². The topological polar surface area (TPSA) is 58.7 Å². The van der Waals surface area contributed by atoms with Gasteiger partial charge < -0.3 is 4.57 Å². The molecule has 2 heterocycles. The van der Waals surface area contributed by atoms with Crippen molar-refractivity contribution in [2.45, 2.75) is 20.4 Å². The summed E-state index contributed by atoms with van der Waals surface area (Å²) in [5.41, 5.74) is 4.09. The molecule has 1 aromatic rings. The molecule has 4 nitrogen and oxygen atoms in total. The van der Waals surface area contributed by atoms with Gasteiger partial charge in [0.15, 0.2) is 5.78 Å². The van der Waals surface area contributed by atoms with Gasteiger partial charge in [-0.15, -0.1) is 0 Å². The number of ketones is 1. The van der Waals surface area contributed by atoms with Crippen LogP contribution >= 0.6 is 0 Å². The van der Waals surface area contributed by atoms with Gasteiger partial charge in [0.2, 0.25) is 0 Å². The Morgan fingerprint density at radius 2 is 2.00 bits per heavy atom. The Labute approximate surface area is 129 Å². The zero-order valence-electron chi connectivity index (χ0n) is 12.5. The average molecular weight is 289 g/mol. The van der Waals surface area contributed by atoms with Gasteiger partial charge in [-0.1, -0.05) is 30.3 Å². The number of carbonyl (C=O) groups excluding carboxylic acids is 1. The van der Waals surface area contributed by atoms with Gasteiger partial charge in [0, 0.05) is 23.0 Å². The maximum absolute atomic E-state index is 12.4. The first-order valence-corrected chi connectivity index (χ1v) is 7.05. The molecule has 0 amide bonds. The third-order valence-corrected chi connectivity index (χ3v) is 3.87. The number of aryl methyl sites for hydroxylation is 1. The van der Waals surface area contributed by atoms with Gasteiger partial charge in [-0.3, -0.25) is 4.79 Å². The van der Waals surface area contributed by atoms with Crippen LogP contribution in [0.5, 0.6) is 0 Å². The molecule has 0 saturated heterocycles. The molecule has 4 heteroatoms. The second kappa shape index (κ2) is 5.45. The molecule has 2 aliphatic heterocycles. The summed E-state index contributed by atoms with van der Waals surface area (Å²) < 4.78 is 1.77. The molecule has 0 fully saturated rings. The standard InChI is InChI=1S/C18H15N3O/c1-12-13(2)20-18-16(12)8-14(9-19)10-21(18)11-17(22)15-6-4-3-5-7-15/h3-8,10H,11H2,1-2H3. The predicted octanol–water partition coefficient (Wildman–Crippen LogP) is 3.36. The predicted molar refractivity (Wildman–Crippen MR) is 83.8 cm³/mol. The van der Waals surface area contributed by atoms with Crippen LogP contribution in [0.4, 0.5) is 0 Å². The number of pyridine rings is 1. The van der Waals surface area contributed by atoms with E-state index in [2.05, 4.69) is 11.1 Å². The molecular weight excluding hydrogens is 274 g/mol. The SMILES string of the molecule is Cc1nc2n(CC(=O)c3ccccc3)cc(C#N)cc-2c1C. The van der Waals surface area contributed by atoms with Crippen LogP contribution in [-0.2, 0) is 6.54 Å². The van der Waals surface area contributed by atoms with Gasteiger partial charge in [0.05, 0.1) is 12.1 Å². The zero-order chi connectivity index (χ0) is 15.7. The highest BCUT2D eigenvalue weighted by atomic mass is 16.1. The number of nitriles is 1. The fourth-order valence-corrected chi connectivity index (χ4v) is 2.53. The van der Waals surface area contributed by atoms with E-state index >= 15 is 0 Å². The van der Waals surface area contributed by atoms with Crippen molar-refractivity contribution in [3.8, 4) is 17.5 Å². The second-order valence-electron chi connectivity index (χ2n) is 5.32. The first kappa shape index (κ1) is 14.0. The molecule has 108 valence electrons. The van der Waals surface area contributed by atoms with Crippen LogP contribution in [0, 0.1) is 25.2 Å². The molecule has 0 saturated carbocycles. The number of rotatable bonds is 3. The van der Waals surface area contributed by atoms with Crippen molar-refractivity contribution >= 4 is 5.78 Å². The zero-order valence-corrected chi connectivity index (χ0v) is 12.5. The first-order chi connectivity index (χ1) is 10.6. The van der Waals surface area contributed by atoms with E-state index in [4.69, 9.17) is 0 Å². The van der Waals surface area contributed by atoms with Gasteiger partial charge in [-0.2, -0.15) is 5.26 Å². The number of nitrogens with zero attached hydrogens (tertiary/aromatic N) is 3. The highest BCUT2D eigenvalue weighted by Gasteiger charge is 2.18. The van der Waals surface area contributed by atoms with Crippen molar-refractivity contribution in [3.05, 3.63) is 65.0 Å². The summed E-state index contributed by atoms with van der Waals surface area (Å²) in [6.45, 7) is 4.09. The van der Waals surface area contributed by atoms with E-state index in [-0.39, 0.29) is 12.3 Å². The summed E-state index contributed by atoms with van der Waals surface area (Å²) in [6.07, 6.45) is 1.69. The summed E-state index contributed by atoms with van der Waals surface area (Å²) >= 11 is 0. The average Bonchev–Trinajstić information content (AvgIpc) is 2.83. The van der Waals surface area contributed by atoms with Crippen molar-refractivity contribution in [1.29, 1.82) is 5.26 Å². The van der Waals surface area contributed by atoms with Crippen LogP contribution in [0.25, 0.3) is 11.4 Å². The third-order valence-electron chi connectivity index (χ3n) is 3.87. The van der Waals surface area contributed by atoms with Crippen LogP contribution < -0.4 is 0 Å². The van der Waals surface area contributed by atoms with Crippen LogP contribution in [0.2, 0.25) is 0 Å². The van der Waals surface area contributed by atoms with E-state index in [1.165, 1.54) is 0 Å². The molecule has 22 heavy (non-hydrogen) atoms. The minimum absolute atomic E-state index is 0.000274. The fourth-order valence-electron chi connectivity index (χ4n) is 2.53. The second-order valence-corrected chi connectivity index (χ2v) is 5.32. The van der Waals surface area contributed by atoms with Gasteiger partial charge in [-0.25, -0.2) is 4.98 Å². The molecule has 0 unspecified atom stereocenters. The molecule has 0 spiro atoms. The summed E-state index contributed by atoms with van der Waals surface area (Å²) in [7, 11) is 0. The Kier molecular flexibility index (Phi) is 3.48. The maximum atomic E-state index is 12.4. The number of aromatic nitrogens is 2. The van der Waals surface area contributed by atoms with Crippen molar-refractivity contribution in [2.75, 3.05) is 0 Å². The van der Waals surface area contributed by atoms with Gasteiger partial charge in [-0.05, 0) is 25.5 Å². The smallest absolute Gasteiger partial charge is 0.182 e. The van der Waals surface area contributed by atoms with Gasteiger partial charge in [0.25, 0.3) is 0 Å². The van der Waals surface area contributed by atoms with E-state index in [1.807, 2.05) is 38.1 Å². The molecule has 1 aromatic carbocycles. The molecule has 2 aliphatic rings. The number of hydrogen-bond acceptors (Lipinski definition) is 3. The maximum Gasteiger partial charge on any atom is 0.182 e. The van der Waals surface area contributed by atoms with Gasteiger partial charge >= 0.3 is 0 Å². The van der Waals surface area contributed by atoms with Crippen LogP contribution in [0.15, 0.2) is 42.6 Å². The Hall–Kier alpha value is -2.93. The van der Waals surface area contributed by atoms with Gasteiger partial charge in [0.1, 0.15) is 11.9 Å². The molecular formula is C18H15N3O. The quantitative estimate of drug-likeness (QED) is 0.695. The summed E-state index contributed by atoms with van der Waals surface area (Å²) in [5, 5.41) is 9.20. The van der Waals surface area contributed by atoms with Crippen molar-refractivity contribution in [3.63, 3.8) is 0 Å². The summed E-state index contributed by atoms with van der Waals surface area (Å²) in [6, 6.07) is 13.1. The number of hydrogen-bond donors (Lipinski definition) is 0. The molecule has 0 atom stereocenters. The highest BCUT2D eigenvalue weighted by Crippen LogP contribution is 2.29. The number of carbonyl (C=O) groups is 1. The lowest BCUT2D eigenvalue weighted by Gasteiger charge is -2.12. The Balaban J connectivity index is 2.05. The van der Waals surface area contributed by atoms with E-state index in [9.17, 15) is 10.1 Å².